The zero-order valence-electron chi connectivity index (χ0n) is 7.91. The molecule has 1 rings (SSSR count). The van der Waals surface area contributed by atoms with Gasteiger partial charge in [-0.1, -0.05) is 6.07 Å². The van der Waals surface area contributed by atoms with E-state index in [9.17, 15) is 10.1 Å². The van der Waals surface area contributed by atoms with Crippen LogP contribution in [0.4, 0.5) is 0 Å². The number of nitro groups is 1. The molecular weight excluding hydrogens is 232 g/mol. The van der Waals surface area contributed by atoms with Gasteiger partial charge in [0.2, 0.25) is 6.20 Å². The van der Waals surface area contributed by atoms with Crippen molar-refractivity contribution in [1.82, 2.24) is 0 Å². The topological polar surface area (TPSA) is 66.9 Å². The van der Waals surface area contributed by atoms with Gasteiger partial charge in [0.1, 0.15) is 5.92 Å². The van der Waals surface area contributed by atoms with E-state index >= 15 is 0 Å². The lowest BCUT2D eigenvalue weighted by Gasteiger charge is -2.06. The van der Waals surface area contributed by atoms with Crippen molar-refractivity contribution in [2.24, 2.45) is 0 Å². The first-order valence-corrected chi connectivity index (χ1v) is 6.11. The normalized spacial score (nSPS) is 13.2. The van der Waals surface area contributed by atoms with Crippen molar-refractivity contribution in [3.63, 3.8) is 0 Å². The van der Waals surface area contributed by atoms with Gasteiger partial charge in [-0.3, -0.25) is 10.1 Å². The molecular formula is C9H8N2O2S2. The third-order valence-electron chi connectivity index (χ3n) is 1.71. The maximum absolute atomic E-state index is 10.4. The number of nitrogens with zero attached hydrogens (tertiary/aromatic N) is 2. The van der Waals surface area contributed by atoms with Crippen LogP contribution in [-0.4, -0.2) is 11.2 Å². The summed E-state index contributed by atoms with van der Waals surface area (Å²) in [6, 6.07) is 5.71. The molecule has 1 aromatic heterocycles. The van der Waals surface area contributed by atoms with E-state index in [0.717, 1.165) is 11.1 Å². The molecule has 0 fully saturated rings. The molecule has 1 atom stereocenters. The van der Waals surface area contributed by atoms with Crippen LogP contribution in [0.2, 0.25) is 0 Å². The van der Waals surface area contributed by atoms with Gasteiger partial charge in [0.15, 0.2) is 0 Å². The number of nitriles is 1. The van der Waals surface area contributed by atoms with Crippen molar-refractivity contribution in [3.05, 3.63) is 43.6 Å². The summed E-state index contributed by atoms with van der Waals surface area (Å²) in [6.45, 7) is 0. The molecule has 0 saturated heterocycles. The van der Waals surface area contributed by atoms with Gasteiger partial charge in [0.25, 0.3) is 0 Å². The van der Waals surface area contributed by atoms with Crippen LogP contribution in [-0.2, 0) is 0 Å². The Balaban J connectivity index is 3.02. The van der Waals surface area contributed by atoms with E-state index < -0.39 is 10.8 Å². The summed E-state index contributed by atoms with van der Waals surface area (Å²) in [5.41, 5.74) is 0. The average Bonchev–Trinajstić information content (AvgIpc) is 2.70. The zero-order valence-corrected chi connectivity index (χ0v) is 9.55. The molecule has 1 heterocycles. The van der Waals surface area contributed by atoms with E-state index in [-0.39, 0.29) is 0 Å². The number of thiophene rings is 1. The van der Waals surface area contributed by atoms with E-state index in [1.165, 1.54) is 23.1 Å². The largest absolute Gasteiger partial charge is 0.259 e. The Morgan fingerprint density at radius 3 is 3.00 bits per heavy atom. The maximum Gasteiger partial charge on any atom is 0.245 e. The van der Waals surface area contributed by atoms with Crippen molar-refractivity contribution in [2.45, 2.75) is 5.92 Å². The lowest BCUT2D eigenvalue weighted by molar-refractivity contribution is -0.403. The summed E-state index contributed by atoms with van der Waals surface area (Å²) < 4.78 is 0. The summed E-state index contributed by atoms with van der Waals surface area (Å²) in [7, 11) is 0. The monoisotopic (exact) mass is 240 g/mol. The first-order valence-electron chi connectivity index (χ1n) is 4.01. The molecule has 6 heteroatoms. The Bertz CT molecular complexity index is 406. The van der Waals surface area contributed by atoms with Crippen molar-refractivity contribution in [3.8, 4) is 6.07 Å². The van der Waals surface area contributed by atoms with Crippen molar-refractivity contribution < 1.29 is 4.92 Å². The number of thioether (sulfide) groups is 1. The maximum atomic E-state index is 10.4. The molecule has 4 nitrogen and oxygen atoms in total. The molecule has 1 unspecified atom stereocenters. The van der Waals surface area contributed by atoms with E-state index in [4.69, 9.17) is 5.26 Å². The fraction of sp³-hybridized carbons (Fsp3) is 0.222. The predicted octanol–water partition coefficient (Wildman–Crippen LogP) is 2.84. The van der Waals surface area contributed by atoms with E-state index in [1.807, 2.05) is 17.5 Å². The van der Waals surface area contributed by atoms with Gasteiger partial charge in [-0.2, -0.15) is 5.26 Å². The number of rotatable bonds is 4. The number of hydrogen-bond acceptors (Lipinski definition) is 5. The molecule has 1 aromatic rings. The van der Waals surface area contributed by atoms with Gasteiger partial charge < -0.3 is 0 Å². The molecule has 0 N–H and O–H groups in total. The minimum Gasteiger partial charge on any atom is -0.259 e. The third-order valence-corrected chi connectivity index (χ3v) is 3.46. The predicted molar refractivity (Wildman–Crippen MR) is 61.3 cm³/mol. The van der Waals surface area contributed by atoms with Crippen LogP contribution in [0.25, 0.3) is 0 Å². The van der Waals surface area contributed by atoms with Crippen LogP contribution in [0.1, 0.15) is 10.8 Å². The standard InChI is InChI=1S/C9H8N2O2S2/c1-14-9(6-11(12)13)7(5-10)8-3-2-4-15-8/h2-4,6-7H,1H3/b9-6+. The van der Waals surface area contributed by atoms with Gasteiger partial charge in [-0.15, -0.1) is 23.1 Å². The van der Waals surface area contributed by atoms with Crippen LogP contribution in [0.3, 0.4) is 0 Å². The summed E-state index contributed by atoms with van der Waals surface area (Å²) >= 11 is 2.66. The quantitative estimate of drug-likeness (QED) is 0.599. The Labute approximate surface area is 95.4 Å². The molecule has 0 aliphatic heterocycles. The van der Waals surface area contributed by atoms with Crippen LogP contribution in [0, 0.1) is 21.4 Å². The Hall–Kier alpha value is -1.32. The minimum absolute atomic E-state index is 0.463. The lowest BCUT2D eigenvalue weighted by Crippen LogP contribution is -1.98. The first-order chi connectivity index (χ1) is 7.19. The number of hydrogen-bond donors (Lipinski definition) is 0. The van der Waals surface area contributed by atoms with Crippen molar-refractivity contribution in [1.29, 1.82) is 5.26 Å². The van der Waals surface area contributed by atoms with E-state index in [2.05, 4.69) is 6.07 Å². The highest BCUT2D eigenvalue weighted by Gasteiger charge is 2.19. The summed E-state index contributed by atoms with van der Waals surface area (Å²) in [5, 5.41) is 21.2. The van der Waals surface area contributed by atoms with Crippen LogP contribution >= 0.6 is 23.1 Å². The first kappa shape index (κ1) is 11.8. The third kappa shape index (κ3) is 3.08. The fourth-order valence-corrected chi connectivity index (χ4v) is 2.54. The summed E-state index contributed by atoms with van der Waals surface area (Å²) in [4.78, 5) is 11.1. The Kier molecular flexibility index (Phi) is 4.34. The van der Waals surface area contributed by atoms with Gasteiger partial charge in [-0.05, 0) is 17.7 Å². The molecule has 0 saturated carbocycles. The van der Waals surface area contributed by atoms with Crippen LogP contribution in [0.5, 0.6) is 0 Å². The van der Waals surface area contributed by atoms with Gasteiger partial charge in [0.05, 0.1) is 15.9 Å². The summed E-state index contributed by atoms with van der Waals surface area (Å²) in [5.74, 6) is -0.523. The fourth-order valence-electron chi connectivity index (χ4n) is 1.07. The smallest absolute Gasteiger partial charge is 0.245 e. The molecule has 0 aliphatic carbocycles. The molecule has 0 aromatic carbocycles. The highest BCUT2D eigenvalue weighted by molar-refractivity contribution is 8.02. The Morgan fingerprint density at radius 1 is 1.87 bits per heavy atom. The average molecular weight is 240 g/mol. The zero-order chi connectivity index (χ0) is 11.3. The van der Waals surface area contributed by atoms with Gasteiger partial charge in [-0.25, -0.2) is 0 Å². The number of allylic oxidation sites excluding steroid dienone is 1. The SMILES string of the molecule is CS/C(=C/[N+](=O)[O-])C(C#N)c1cccs1. The van der Waals surface area contributed by atoms with Gasteiger partial charge in [0, 0.05) is 4.88 Å². The second-order valence-electron chi connectivity index (χ2n) is 2.60. The van der Waals surface area contributed by atoms with Crippen molar-refractivity contribution in [2.75, 3.05) is 6.26 Å². The second-order valence-corrected chi connectivity index (χ2v) is 4.46. The molecule has 0 aliphatic rings. The molecule has 0 amide bonds. The summed E-state index contributed by atoms with van der Waals surface area (Å²) in [6.07, 6.45) is 2.63. The van der Waals surface area contributed by atoms with Crippen LogP contribution in [0.15, 0.2) is 28.6 Å². The molecule has 15 heavy (non-hydrogen) atoms. The van der Waals surface area contributed by atoms with E-state index in [0.29, 0.717) is 4.91 Å². The molecule has 0 bridgehead atoms. The highest BCUT2D eigenvalue weighted by Crippen LogP contribution is 2.33. The van der Waals surface area contributed by atoms with Crippen LogP contribution < -0.4 is 0 Å². The molecule has 0 radical (unpaired) electrons. The second kappa shape index (κ2) is 5.53. The highest BCUT2D eigenvalue weighted by atomic mass is 32.2. The van der Waals surface area contributed by atoms with E-state index in [1.54, 1.807) is 6.26 Å². The lowest BCUT2D eigenvalue weighted by atomic mass is 10.1. The molecule has 78 valence electrons. The van der Waals surface area contributed by atoms with Crippen molar-refractivity contribution >= 4 is 23.1 Å². The molecule has 0 spiro atoms. The minimum atomic E-state index is -0.524. The van der Waals surface area contributed by atoms with Gasteiger partial charge >= 0.3 is 0 Å². The Morgan fingerprint density at radius 2 is 2.60 bits per heavy atom.